The summed E-state index contributed by atoms with van der Waals surface area (Å²) in [5.74, 6) is -0.510. The molecule has 3 N–H and O–H groups in total. The highest BCUT2D eigenvalue weighted by atomic mass is 16.5. The molecule has 1 fully saturated rings. The van der Waals surface area contributed by atoms with Crippen LogP contribution in [0.25, 0.3) is 0 Å². The van der Waals surface area contributed by atoms with Crippen LogP contribution < -0.4 is 15.5 Å². The zero-order valence-corrected chi connectivity index (χ0v) is 15.9. The molecule has 148 valence electrons. The fourth-order valence-corrected chi connectivity index (χ4v) is 3.08. The average Bonchev–Trinajstić information content (AvgIpc) is 2.72. The smallest absolute Gasteiger partial charge is 0.251 e. The summed E-state index contributed by atoms with van der Waals surface area (Å²) < 4.78 is 5.36. The van der Waals surface area contributed by atoms with E-state index in [1.165, 1.54) is 6.92 Å². The molecule has 1 aliphatic rings. The quantitative estimate of drug-likeness (QED) is 0.709. The van der Waals surface area contributed by atoms with Crippen LogP contribution in [0.2, 0.25) is 0 Å². The third-order valence-electron chi connectivity index (χ3n) is 4.56. The van der Waals surface area contributed by atoms with Gasteiger partial charge in [-0.1, -0.05) is 18.2 Å². The van der Waals surface area contributed by atoms with E-state index in [1.54, 1.807) is 24.3 Å². The number of anilines is 2. The van der Waals surface area contributed by atoms with Crippen molar-refractivity contribution in [3.8, 4) is 0 Å². The van der Waals surface area contributed by atoms with E-state index in [1.807, 2.05) is 24.3 Å². The van der Waals surface area contributed by atoms with Crippen LogP contribution in [-0.2, 0) is 9.53 Å². The molecule has 2 amide bonds. The predicted octanol–water partition coefficient (Wildman–Crippen LogP) is 1.94. The molecule has 2 aromatic carbocycles. The van der Waals surface area contributed by atoms with Crippen LogP contribution in [0.4, 0.5) is 11.4 Å². The van der Waals surface area contributed by atoms with E-state index in [9.17, 15) is 14.7 Å². The van der Waals surface area contributed by atoms with Crippen molar-refractivity contribution in [3.63, 3.8) is 0 Å². The highest BCUT2D eigenvalue weighted by Crippen LogP contribution is 2.20. The van der Waals surface area contributed by atoms with Gasteiger partial charge in [-0.15, -0.1) is 0 Å². The van der Waals surface area contributed by atoms with Gasteiger partial charge in [0, 0.05) is 43.5 Å². The van der Waals surface area contributed by atoms with Gasteiger partial charge in [-0.2, -0.15) is 0 Å². The van der Waals surface area contributed by atoms with Crippen LogP contribution in [0, 0.1) is 0 Å². The molecule has 7 heteroatoms. The lowest BCUT2D eigenvalue weighted by molar-refractivity contribution is -0.114. The fourth-order valence-electron chi connectivity index (χ4n) is 3.08. The summed E-state index contributed by atoms with van der Waals surface area (Å²) in [6.07, 6.45) is -0.804. The molecule has 1 aliphatic heterocycles. The Balaban J connectivity index is 1.55. The first kappa shape index (κ1) is 19.9. The lowest BCUT2D eigenvalue weighted by atomic mass is 10.1. The second-order valence-electron chi connectivity index (χ2n) is 6.68. The molecule has 0 spiro atoms. The first-order valence-electron chi connectivity index (χ1n) is 9.29. The predicted molar refractivity (Wildman–Crippen MR) is 108 cm³/mol. The van der Waals surface area contributed by atoms with Gasteiger partial charge in [0.2, 0.25) is 5.91 Å². The molecule has 0 aliphatic carbocycles. The molecule has 0 saturated carbocycles. The lowest BCUT2D eigenvalue weighted by Crippen LogP contribution is -2.36. The maximum Gasteiger partial charge on any atom is 0.251 e. The molecule has 0 bridgehead atoms. The Hall–Kier alpha value is -2.90. The third kappa shape index (κ3) is 5.31. The number of ether oxygens (including phenoxy) is 1. The van der Waals surface area contributed by atoms with Crippen molar-refractivity contribution in [1.29, 1.82) is 0 Å². The number of benzene rings is 2. The summed E-state index contributed by atoms with van der Waals surface area (Å²) in [6.45, 7) is 4.66. The number of nitrogens with zero attached hydrogens (tertiary/aromatic N) is 1. The number of carbonyl (C=O) groups is 2. The minimum Gasteiger partial charge on any atom is -0.387 e. The van der Waals surface area contributed by atoms with Crippen molar-refractivity contribution in [2.24, 2.45) is 0 Å². The summed E-state index contributed by atoms with van der Waals surface area (Å²) in [5, 5.41) is 15.8. The highest BCUT2D eigenvalue weighted by molar-refractivity contribution is 5.96. The van der Waals surface area contributed by atoms with Crippen molar-refractivity contribution in [2.45, 2.75) is 13.0 Å². The molecule has 1 saturated heterocycles. The summed E-state index contributed by atoms with van der Waals surface area (Å²) >= 11 is 0. The summed E-state index contributed by atoms with van der Waals surface area (Å²) in [7, 11) is 0. The number of carbonyl (C=O) groups excluding carboxylic acids is 2. The number of hydrogen-bond acceptors (Lipinski definition) is 5. The maximum atomic E-state index is 12.3. The van der Waals surface area contributed by atoms with Crippen LogP contribution in [0.15, 0.2) is 48.5 Å². The van der Waals surface area contributed by atoms with Gasteiger partial charge in [0.1, 0.15) is 0 Å². The molecule has 1 heterocycles. The number of aliphatic hydroxyl groups excluding tert-OH is 1. The van der Waals surface area contributed by atoms with E-state index in [4.69, 9.17) is 4.74 Å². The molecule has 0 radical (unpaired) electrons. The minimum atomic E-state index is -0.804. The van der Waals surface area contributed by atoms with Crippen LogP contribution in [0.3, 0.4) is 0 Å². The maximum absolute atomic E-state index is 12.3. The van der Waals surface area contributed by atoms with Crippen molar-refractivity contribution in [2.75, 3.05) is 43.1 Å². The fraction of sp³-hybridized carbons (Fsp3) is 0.333. The monoisotopic (exact) mass is 383 g/mol. The Bertz CT molecular complexity index is 817. The van der Waals surface area contributed by atoms with Crippen molar-refractivity contribution in [1.82, 2.24) is 5.32 Å². The number of hydrogen-bond donors (Lipinski definition) is 3. The Kier molecular flexibility index (Phi) is 6.62. The van der Waals surface area contributed by atoms with Gasteiger partial charge < -0.3 is 25.4 Å². The van der Waals surface area contributed by atoms with Gasteiger partial charge in [0.05, 0.1) is 19.3 Å². The summed E-state index contributed by atoms with van der Waals surface area (Å²) in [5.41, 5.74) is 2.81. The van der Waals surface area contributed by atoms with Crippen molar-refractivity contribution < 1.29 is 19.4 Å². The lowest BCUT2D eigenvalue weighted by Gasteiger charge is -2.29. The van der Waals surface area contributed by atoms with Crippen molar-refractivity contribution >= 4 is 23.2 Å². The van der Waals surface area contributed by atoms with E-state index >= 15 is 0 Å². The van der Waals surface area contributed by atoms with Gasteiger partial charge in [-0.05, 0) is 35.9 Å². The van der Waals surface area contributed by atoms with Crippen LogP contribution in [-0.4, -0.2) is 49.8 Å². The molecule has 1 atom stereocenters. The van der Waals surface area contributed by atoms with Gasteiger partial charge in [0.15, 0.2) is 0 Å². The van der Waals surface area contributed by atoms with Gasteiger partial charge >= 0.3 is 0 Å². The number of rotatable bonds is 6. The van der Waals surface area contributed by atoms with E-state index in [-0.39, 0.29) is 18.4 Å². The minimum absolute atomic E-state index is 0.0973. The second kappa shape index (κ2) is 9.34. The topological polar surface area (TPSA) is 90.9 Å². The number of aliphatic hydroxyl groups is 1. The van der Waals surface area contributed by atoms with Gasteiger partial charge in [0.25, 0.3) is 5.91 Å². The average molecular weight is 383 g/mol. The third-order valence-corrected chi connectivity index (χ3v) is 4.56. The molecule has 0 aromatic heterocycles. The molecule has 1 unspecified atom stereocenters. The Morgan fingerprint density at radius 2 is 1.86 bits per heavy atom. The van der Waals surface area contributed by atoms with Crippen LogP contribution in [0.5, 0.6) is 0 Å². The summed E-state index contributed by atoms with van der Waals surface area (Å²) in [6, 6.07) is 14.4. The molecule has 2 aromatic rings. The van der Waals surface area contributed by atoms with E-state index < -0.39 is 6.10 Å². The second-order valence-corrected chi connectivity index (χ2v) is 6.68. The number of amides is 2. The zero-order chi connectivity index (χ0) is 19.9. The molecule has 3 rings (SSSR count). The standard InChI is InChI=1S/C21H25N3O4/c1-15(25)23-18-4-2-3-17(13-18)21(27)22-14-20(26)16-5-7-19(8-6-16)24-9-11-28-12-10-24/h2-8,13,20,26H,9-12,14H2,1H3,(H,22,27)(H,23,25). The molecule has 28 heavy (non-hydrogen) atoms. The normalized spacial score (nSPS) is 15.0. The summed E-state index contributed by atoms with van der Waals surface area (Å²) in [4.78, 5) is 25.7. The number of nitrogens with one attached hydrogen (secondary N) is 2. The van der Waals surface area contributed by atoms with Gasteiger partial charge in [-0.3, -0.25) is 9.59 Å². The Labute approximate surface area is 164 Å². The molecule has 7 nitrogen and oxygen atoms in total. The molecular formula is C21H25N3O4. The Morgan fingerprint density at radius 3 is 2.54 bits per heavy atom. The largest absolute Gasteiger partial charge is 0.387 e. The van der Waals surface area contributed by atoms with Gasteiger partial charge in [-0.25, -0.2) is 0 Å². The van der Waals surface area contributed by atoms with Crippen LogP contribution in [0.1, 0.15) is 28.9 Å². The van der Waals surface area contributed by atoms with Crippen LogP contribution >= 0.6 is 0 Å². The number of morpholine rings is 1. The van der Waals surface area contributed by atoms with E-state index in [0.717, 1.165) is 37.6 Å². The van der Waals surface area contributed by atoms with E-state index in [2.05, 4.69) is 15.5 Å². The van der Waals surface area contributed by atoms with Crippen molar-refractivity contribution in [3.05, 3.63) is 59.7 Å². The zero-order valence-electron chi connectivity index (χ0n) is 15.9. The SMILES string of the molecule is CC(=O)Nc1cccc(C(=O)NCC(O)c2ccc(N3CCOCC3)cc2)c1. The highest BCUT2D eigenvalue weighted by Gasteiger charge is 2.14. The van der Waals surface area contributed by atoms with E-state index in [0.29, 0.717) is 11.3 Å². The first-order valence-corrected chi connectivity index (χ1v) is 9.29. The Morgan fingerprint density at radius 1 is 1.14 bits per heavy atom. The first-order chi connectivity index (χ1) is 13.5. The molecular weight excluding hydrogens is 358 g/mol.